The molecule has 150 valence electrons. The van der Waals surface area contributed by atoms with Crippen molar-refractivity contribution in [2.75, 3.05) is 32.8 Å². The van der Waals surface area contributed by atoms with Gasteiger partial charge in [0, 0.05) is 38.6 Å². The number of aryl methyl sites for hydroxylation is 1. The van der Waals surface area contributed by atoms with E-state index in [-0.39, 0.29) is 12.1 Å². The molecule has 0 bridgehead atoms. The summed E-state index contributed by atoms with van der Waals surface area (Å²) in [4.78, 5) is 27.0. The van der Waals surface area contributed by atoms with Crippen LogP contribution in [0.15, 0.2) is 48.7 Å². The summed E-state index contributed by atoms with van der Waals surface area (Å²) >= 11 is 0. The SMILES string of the molecule is CC(NC(=O)C(=O)NCC(c1cccn1C)N1CCOCC1)c1ccccc1. The molecule has 7 nitrogen and oxygen atoms in total. The summed E-state index contributed by atoms with van der Waals surface area (Å²) in [6.07, 6.45) is 1.98. The largest absolute Gasteiger partial charge is 0.379 e. The van der Waals surface area contributed by atoms with Crippen molar-refractivity contribution in [1.82, 2.24) is 20.1 Å². The van der Waals surface area contributed by atoms with Gasteiger partial charge in [0.25, 0.3) is 0 Å². The van der Waals surface area contributed by atoms with E-state index in [1.165, 1.54) is 0 Å². The van der Waals surface area contributed by atoms with E-state index in [1.807, 2.05) is 67.2 Å². The van der Waals surface area contributed by atoms with E-state index in [4.69, 9.17) is 4.74 Å². The van der Waals surface area contributed by atoms with E-state index in [1.54, 1.807) is 0 Å². The monoisotopic (exact) mass is 384 g/mol. The van der Waals surface area contributed by atoms with E-state index in [9.17, 15) is 9.59 Å². The topological polar surface area (TPSA) is 75.6 Å². The lowest BCUT2D eigenvalue weighted by atomic mass is 10.1. The molecule has 3 rings (SSSR count). The molecule has 2 unspecified atom stereocenters. The number of benzene rings is 1. The molecule has 2 heterocycles. The van der Waals surface area contributed by atoms with Crippen molar-refractivity contribution in [2.24, 2.45) is 7.05 Å². The van der Waals surface area contributed by atoms with Gasteiger partial charge in [0.05, 0.1) is 25.3 Å². The Morgan fingerprint density at radius 3 is 2.43 bits per heavy atom. The van der Waals surface area contributed by atoms with E-state index in [2.05, 4.69) is 15.5 Å². The lowest BCUT2D eigenvalue weighted by molar-refractivity contribution is -0.139. The van der Waals surface area contributed by atoms with Gasteiger partial charge in [-0.05, 0) is 24.6 Å². The highest BCUT2D eigenvalue weighted by Crippen LogP contribution is 2.21. The van der Waals surface area contributed by atoms with Crippen LogP contribution >= 0.6 is 0 Å². The van der Waals surface area contributed by atoms with Gasteiger partial charge >= 0.3 is 11.8 Å². The lowest BCUT2D eigenvalue weighted by Gasteiger charge is -2.34. The molecule has 1 aromatic carbocycles. The van der Waals surface area contributed by atoms with Crippen LogP contribution in [0.1, 0.15) is 30.3 Å². The second-order valence-corrected chi connectivity index (χ2v) is 7.02. The summed E-state index contributed by atoms with van der Waals surface area (Å²) in [6, 6.07) is 13.4. The fourth-order valence-corrected chi connectivity index (χ4v) is 3.49. The third-order valence-corrected chi connectivity index (χ3v) is 5.12. The molecule has 1 aromatic heterocycles. The number of carbonyl (C=O) groups excluding carboxylic acids is 2. The third-order valence-electron chi connectivity index (χ3n) is 5.12. The van der Waals surface area contributed by atoms with Crippen molar-refractivity contribution in [3.63, 3.8) is 0 Å². The number of carbonyl (C=O) groups is 2. The number of ether oxygens (including phenoxy) is 1. The highest BCUT2D eigenvalue weighted by atomic mass is 16.5. The van der Waals surface area contributed by atoms with Gasteiger partial charge in [-0.2, -0.15) is 0 Å². The number of morpholine rings is 1. The second-order valence-electron chi connectivity index (χ2n) is 7.02. The number of amides is 2. The van der Waals surface area contributed by atoms with Crippen molar-refractivity contribution in [1.29, 1.82) is 0 Å². The van der Waals surface area contributed by atoms with Gasteiger partial charge in [0.1, 0.15) is 0 Å². The Bertz CT molecular complexity index is 784. The van der Waals surface area contributed by atoms with Gasteiger partial charge in [-0.3, -0.25) is 14.5 Å². The zero-order valence-electron chi connectivity index (χ0n) is 16.4. The summed E-state index contributed by atoms with van der Waals surface area (Å²) in [5.74, 6) is -1.24. The number of hydrogen-bond donors (Lipinski definition) is 2. The normalized spacial score (nSPS) is 16.9. The lowest BCUT2D eigenvalue weighted by Crippen LogP contribution is -2.47. The summed E-state index contributed by atoms with van der Waals surface area (Å²) in [5, 5.41) is 5.56. The Morgan fingerprint density at radius 1 is 1.07 bits per heavy atom. The summed E-state index contributed by atoms with van der Waals surface area (Å²) < 4.78 is 7.49. The molecule has 0 saturated carbocycles. The predicted octanol–water partition coefficient (Wildman–Crippen LogP) is 1.39. The zero-order valence-corrected chi connectivity index (χ0v) is 16.4. The van der Waals surface area contributed by atoms with Crippen LogP contribution in [0.5, 0.6) is 0 Å². The Kier molecular flexibility index (Phi) is 6.84. The maximum atomic E-state index is 12.4. The quantitative estimate of drug-likeness (QED) is 0.738. The summed E-state index contributed by atoms with van der Waals surface area (Å²) in [5.41, 5.74) is 2.05. The molecule has 1 saturated heterocycles. The Labute approximate surface area is 165 Å². The highest BCUT2D eigenvalue weighted by Gasteiger charge is 2.26. The van der Waals surface area contributed by atoms with Gasteiger partial charge < -0.3 is 19.9 Å². The number of nitrogens with one attached hydrogen (secondary N) is 2. The van der Waals surface area contributed by atoms with Crippen LogP contribution < -0.4 is 10.6 Å². The molecule has 2 atom stereocenters. The fourth-order valence-electron chi connectivity index (χ4n) is 3.49. The maximum absolute atomic E-state index is 12.4. The van der Waals surface area contributed by atoms with Crippen LogP contribution in [0.4, 0.5) is 0 Å². The second kappa shape index (κ2) is 9.52. The van der Waals surface area contributed by atoms with Crippen molar-refractivity contribution < 1.29 is 14.3 Å². The summed E-state index contributed by atoms with van der Waals surface area (Å²) in [7, 11) is 1.98. The smallest absolute Gasteiger partial charge is 0.309 e. The molecule has 0 spiro atoms. The van der Waals surface area contributed by atoms with Crippen LogP contribution in [0.25, 0.3) is 0 Å². The molecule has 7 heteroatoms. The molecule has 0 radical (unpaired) electrons. The maximum Gasteiger partial charge on any atom is 0.309 e. The van der Waals surface area contributed by atoms with Gasteiger partial charge in [0.2, 0.25) is 0 Å². The van der Waals surface area contributed by atoms with Crippen LogP contribution in [0, 0.1) is 0 Å². The van der Waals surface area contributed by atoms with Crippen molar-refractivity contribution in [3.05, 3.63) is 59.9 Å². The van der Waals surface area contributed by atoms with Crippen LogP contribution in [0.2, 0.25) is 0 Å². The molecular formula is C21H28N4O3. The average molecular weight is 384 g/mol. The Hall–Kier alpha value is -2.64. The minimum atomic E-state index is -0.621. The number of aromatic nitrogens is 1. The first-order valence-electron chi connectivity index (χ1n) is 9.63. The number of nitrogens with zero attached hydrogens (tertiary/aromatic N) is 2. The molecule has 2 N–H and O–H groups in total. The number of rotatable bonds is 6. The first-order valence-corrected chi connectivity index (χ1v) is 9.63. The third kappa shape index (κ3) is 4.99. The first-order chi connectivity index (χ1) is 13.6. The van der Waals surface area contributed by atoms with Crippen LogP contribution in [-0.2, 0) is 21.4 Å². The molecule has 1 aliphatic heterocycles. The standard InChI is InChI=1S/C21H28N4O3/c1-16(17-7-4-3-5-8-17)23-21(27)20(26)22-15-19(18-9-6-10-24(18)2)25-11-13-28-14-12-25/h3-10,16,19H,11-15H2,1-2H3,(H,22,26)(H,23,27). The molecule has 2 aromatic rings. The van der Waals surface area contributed by atoms with E-state index in [0.717, 1.165) is 24.3 Å². The van der Waals surface area contributed by atoms with Gasteiger partial charge in [-0.1, -0.05) is 30.3 Å². The van der Waals surface area contributed by atoms with Crippen molar-refractivity contribution >= 4 is 11.8 Å². The van der Waals surface area contributed by atoms with Gasteiger partial charge in [-0.25, -0.2) is 0 Å². The minimum Gasteiger partial charge on any atom is -0.379 e. The Balaban J connectivity index is 1.60. The first kappa shape index (κ1) is 20.1. The van der Waals surface area contributed by atoms with Gasteiger partial charge in [0.15, 0.2) is 0 Å². The fraction of sp³-hybridized carbons (Fsp3) is 0.429. The average Bonchev–Trinajstić information content (AvgIpc) is 3.15. The Morgan fingerprint density at radius 2 is 1.79 bits per heavy atom. The van der Waals surface area contributed by atoms with Crippen LogP contribution in [-0.4, -0.2) is 54.1 Å². The van der Waals surface area contributed by atoms with Crippen LogP contribution in [0.3, 0.4) is 0 Å². The zero-order chi connectivity index (χ0) is 19.9. The van der Waals surface area contributed by atoms with Gasteiger partial charge in [-0.15, -0.1) is 0 Å². The molecule has 2 amide bonds. The van der Waals surface area contributed by atoms with E-state index >= 15 is 0 Å². The highest BCUT2D eigenvalue weighted by molar-refractivity contribution is 6.35. The molecule has 0 aliphatic carbocycles. The summed E-state index contributed by atoms with van der Waals surface area (Å²) in [6.45, 7) is 5.16. The van der Waals surface area contributed by atoms with Crippen molar-refractivity contribution in [2.45, 2.75) is 19.0 Å². The molecule has 28 heavy (non-hydrogen) atoms. The van der Waals surface area contributed by atoms with Crippen molar-refractivity contribution in [3.8, 4) is 0 Å². The van der Waals surface area contributed by atoms with E-state index in [0.29, 0.717) is 19.8 Å². The predicted molar refractivity (Wildman–Crippen MR) is 107 cm³/mol. The number of hydrogen-bond acceptors (Lipinski definition) is 4. The minimum absolute atomic E-state index is 0.00723. The molecule has 1 fully saturated rings. The van der Waals surface area contributed by atoms with E-state index < -0.39 is 11.8 Å². The molecule has 1 aliphatic rings. The molecular weight excluding hydrogens is 356 g/mol.